The van der Waals surface area contributed by atoms with E-state index in [0.717, 1.165) is 12.0 Å². The molecule has 0 aliphatic carbocycles. The second-order valence-electron chi connectivity index (χ2n) is 6.60. The van der Waals surface area contributed by atoms with Crippen LogP contribution in [0.3, 0.4) is 0 Å². The zero-order chi connectivity index (χ0) is 17.6. The number of anilines is 1. The molecule has 1 unspecified atom stereocenters. The first-order valence-corrected chi connectivity index (χ1v) is 7.86. The molecule has 0 saturated carbocycles. The molecule has 1 aromatic carbocycles. The van der Waals surface area contributed by atoms with Crippen LogP contribution in [0, 0.1) is 5.92 Å². The van der Waals surface area contributed by atoms with E-state index >= 15 is 0 Å². The molecule has 128 valence electrons. The zero-order valence-electron chi connectivity index (χ0n) is 14.9. The summed E-state index contributed by atoms with van der Waals surface area (Å²) < 4.78 is 10.5. The Morgan fingerprint density at radius 1 is 1.26 bits per heavy atom. The van der Waals surface area contributed by atoms with Gasteiger partial charge in [-0.05, 0) is 38.8 Å². The average molecular weight is 321 g/mol. The predicted molar refractivity (Wildman–Crippen MR) is 91.0 cm³/mol. The molecule has 23 heavy (non-hydrogen) atoms. The summed E-state index contributed by atoms with van der Waals surface area (Å²) in [6.07, 6.45) is 0.511. The number of carbonyl (C=O) groups excluding carboxylic acids is 2. The Morgan fingerprint density at radius 3 is 2.43 bits per heavy atom. The topological polar surface area (TPSA) is 64.6 Å². The minimum atomic E-state index is -0.588. The fraction of sp³-hybridized carbons (Fsp3) is 0.556. The molecule has 0 bridgehead atoms. The molecule has 0 radical (unpaired) electrons. The zero-order valence-corrected chi connectivity index (χ0v) is 14.9. The molecular formula is C18H27NO4. The number of hydrogen-bond acceptors (Lipinski definition) is 4. The standard InChI is InChI=1S/C18H27NO4/c1-7-12(2)16(20)10-13-8-9-14(22-6)11-15(13)19-17(21)23-18(3,4)5/h8-9,11-12H,7,10H2,1-6H3,(H,19,21). The van der Waals surface area contributed by atoms with Crippen molar-refractivity contribution < 1.29 is 19.1 Å². The second-order valence-corrected chi connectivity index (χ2v) is 6.60. The van der Waals surface area contributed by atoms with Crippen LogP contribution in [0.5, 0.6) is 5.75 Å². The highest BCUT2D eigenvalue weighted by Crippen LogP contribution is 2.25. The summed E-state index contributed by atoms with van der Waals surface area (Å²) in [6, 6.07) is 5.27. The van der Waals surface area contributed by atoms with Crippen LogP contribution in [-0.2, 0) is 16.0 Å². The maximum absolute atomic E-state index is 12.2. The Balaban J connectivity index is 2.98. The van der Waals surface area contributed by atoms with Crippen molar-refractivity contribution in [2.45, 2.75) is 53.1 Å². The number of Topliss-reactive ketones (excluding diaryl/α,β-unsaturated/α-hetero) is 1. The highest BCUT2D eigenvalue weighted by atomic mass is 16.6. The molecule has 0 saturated heterocycles. The molecule has 0 fully saturated rings. The molecule has 5 heteroatoms. The first-order chi connectivity index (χ1) is 10.7. The third-order valence-corrected chi connectivity index (χ3v) is 3.48. The van der Waals surface area contributed by atoms with E-state index in [0.29, 0.717) is 11.4 Å². The summed E-state index contributed by atoms with van der Waals surface area (Å²) in [5.41, 5.74) is 0.701. The van der Waals surface area contributed by atoms with Gasteiger partial charge in [0.2, 0.25) is 0 Å². The smallest absolute Gasteiger partial charge is 0.412 e. The van der Waals surface area contributed by atoms with Gasteiger partial charge >= 0.3 is 6.09 Å². The van der Waals surface area contributed by atoms with Gasteiger partial charge in [-0.2, -0.15) is 0 Å². The lowest BCUT2D eigenvalue weighted by atomic mass is 9.96. The van der Waals surface area contributed by atoms with Crippen molar-refractivity contribution in [3.63, 3.8) is 0 Å². The summed E-state index contributed by atoms with van der Waals surface area (Å²) in [5.74, 6) is 0.743. The fourth-order valence-corrected chi connectivity index (χ4v) is 1.96. The van der Waals surface area contributed by atoms with Crippen LogP contribution in [0.25, 0.3) is 0 Å². The van der Waals surface area contributed by atoms with Gasteiger partial charge in [0, 0.05) is 18.4 Å². The maximum Gasteiger partial charge on any atom is 0.412 e. The minimum absolute atomic E-state index is 0.00789. The molecule has 0 heterocycles. The van der Waals surface area contributed by atoms with Crippen LogP contribution in [0.2, 0.25) is 0 Å². The number of nitrogens with one attached hydrogen (secondary N) is 1. The molecule has 0 spiro atoms. The average Bonchev–Trinajstić information content (AvgIpc) is 2.45. The van der Waals surface area contributed by atoms with Gasteiger partial charge in [0.15, 0.2) is 0 Å². The van der Waals surface area contributed by atoms with Crippen LogP contribution in [0.4, 0.5) is 10.5 Å². The van der Waals surface area contributed by atoms with E-state index in [4.69, 9.17) is 9.47 Å². The molecule has 1 atom stereocenters. The van der Waals surface area contributed by atoms with Crippen LogP contribution < -0.4 is 10.1 Å². The Labute approximate surface area is 138 Å². The highest BCUT2D eigenvalue weighted by molar-refractivity contribution is 5.89. The monoisotopic (exact) mass is 321 g/mol. The number of hydrogen-bond donors (Lipinski definition) is 1. The second kappa shape index (κ2) is 7.99. The van der Waals surface area contributed by atoms with Crippen LogP contribution in [0.15, 0.2) is 18.2 Å². The van der Waals surface area contributed by atoms with E-state index in [9.17, 15) is 9.59 Å². The van der Waals surface area contributed by atoms with Gasteiger partial charge in [-0.25, -0.2) is 4.79 Å². The molecule has 1 N–H and O–H groups in total. The van der Waals surface area contributed by atoms with E-state index in [1.807, 2.05) is 13.8 Å². The van der Waals surface area contributed by atoms with Crippen molar-refractivity contribution in [1.82, 2.24) is 0 Å². The van der Waals surface area contributed by atoms with Gasteiger partial charge in [0.05, 0.1) is 12.8 Å². The first kappa shape index (κ1) is 19.0. The van der Waals surface area contributed by atoms with Crippen molar-refractivity contribution in [1.29, 1.82) is 0 Å². The summed E-state index contributed by atoms with van der Waals surface area (Å²) in [4.78, 5) is 24.2. The number of ether oxygens (including phenoxy) is 2. The van der Waals surface area contributed by atoms with E-state index in [-0.39, 0.29) is 18.1 Å². The summed E-state index contributed by atoms with van der Waals surface area (Å²) in [6.45, 7) is 9.28. The van der Waals surface area contributed by atoms with Gasteiger partial charge in [-0.1, -0.05) is 19.9 Å². The minimum Gasteiger partial charge on any atom is -0.497 e. The van der Waals surface area contributed by atoms with E-state index in [2.05, 4.69) is 5.32 Å². The summed E-state index contributed by atoms with van der Waals surface area (Å²) >= 11 is 0. The third kappa shape index (κ3) is 6.30. The molecule has 1 rings (SSSR count). The van der Waals surface area contributed by atoms with Gasteiger partial charge in [-0.15, -0.1) is 0 Å². The molecule has 0 aliphatic heterocycles. The summed E-state index contributed by atoms with van der Waals surface area (Å²) in [5, 5.41) is 2.71. The third-order valence-electron chi connectivity index (χ3n) is 3.48. The van der Waals surface area contributed by atoms with Crippen molar-refractivity contribution in [2.24, 2.45) is 5.92 Å². The number of carbonyl (C=O) groups is 2. The van der Waals surface area contributed by atoms with E-state index in [1.54, 1.807) is 46.1 Å². The largest absolute Gasteiger partial charge is 0.497 e. The number of rotatable bonds is 6. The molecular weight excluding hydrogens is 294 g/mol. The van der Waals surface area contributed by atoms with Crippen LogP contribution in [0.1, 0.15) is 46.6 Å². The quantitative estimate of drug-likeness (QED) is 0.853. The summed E-state index contributed by atoms with van der Waals surface area (Å²) in [7, 11) is 1.55. The Kier molecular flexibility index (Phi) is 6.61. The fourth-order valence-electron chi connectivity index (χ4n) is 1.96. The Morgan fingerprint density at radius 2 is 1.91 bits per heavy atom. The molecule has 1 amide bonds. The first-order valence-electron chi connectivity index (χ1n) is 7.86. The highest BCUT2D eigenvalue weighted by Gasteiger charge is 2.19. The van der Waals surface area contributed by atoms with Gasteiger partial charge < -0.3 is 9.47 Å². The van der Waals surface area contributed by atoms with Crippen molar-refractivity contribution in [2.75, 3.05) is 12.4 Å². The van der Waals surface area contributed by atoms with Gasteiger partial charge in [0.25, 0.3) is 0 Å². The van der Waals surface area contributed by atoms with Gasteiger partial charge in [-0.3, -0.25) is 10.1 Å². The molecule has 0 aliphatic rings. The van der Waals surface area contributed by atoms with E-state index < -0.39 is 11.7 Å². The lowest BCUT2D eigenvalue weighted by Crippen LogP contribution is -2.27. The van der Waals surface area contributed by atoms with Crippen molar-refractivity contribution >= 4 is 17.6 Å². The number of amides is 1. The van der Waals surface area contributed by atoms with Crippen LogP contribution in [-0.4, -0.2) is 24.6 Å². The Hall–Kier alpha value is -2.04. The SMILES string of the molecule is CCC(C)C(=O)Cc1ccc(OC)cc1NC(=O)OC(C)(C)C. The molecule has 0 aromatic heterocycles. The number of ketones is 1. The van der Waals surface area contributed by atoms with Crippen LogP contribution >= 0.6 is 0 Å². The Bertz CT molecular complexity index is 561. The maximum atomic E-state index is 12.2. The van der Waals surface area contributed by atoms with Crippen molar-refractivity contribution in [3.8, 4) is 5.75 Å². The molecule has 5 nitrogen and oxygen atoms in total. The normalized spacial score (nSPS) is 12.4. The van der Waals surface area contributed by atoms with Crippen molar-refractivity contribution in [3.05, 3.63) is 23.8 Å². The lowest BCUT2D eigenvalue weighted by Gasteiger charge is -2.21. The van der Waals surface area contributed by atoms with Gasteiger partial charge in [0.1, 0.15) is 17.1 Å². The number of benzene rings is 1. The van der Waals surface area contributed by atoms with E-state index in [1.165, 1.54) is 0 Å². The predicted octanol–water partition coefficient (Wildman–Crippen LogP) is 4.20. The number of methoxy groups -OCH3 is 1. The molecule has 1 aromatic rings. The lowest BCUT2D eigenvalue weighted by molar-refractivity contribution is -0.121.